The number of sulfone groups is 1. The molecule has 1 heterocycles. The van der Waals surface area contributed by atoms with Crippen molar-refractivity contribution in [3.8, 4) is 0 Å². The Kier molecular flexibility index (Phi) is 5.99. The molecule has 0 aliphatic carbocycles. The molecule has 2 unspecified atom stereocenters. The summed E-state index contributed by atoms with van der Waals surface area (Å²) in [7, 11) is -3.34. The van der Waals surface area contributed by atoms with Gasteiger partial charge in [-0.05, 0) is 12.1 Å². The van der Waals surface area contributed by atoms with Crippen molar-refractivity contribution in [2.75, 3.05) is 36.5 Å². The fourth-order valence-electron chi connectivity index (χ4n) is 2.59. The number of carbonyl (C=O) groups is 1. The van der Waals surface area contributed by atoms with Crippen LogP contribution in [0.15, 0.2) is 24.3 Å². The second-order valence-corrected chi connectivity index (χ2v) is 7.99. The van der Waals surface area contributed by atoms with Crippen LogP contribution in [0.25, 0.3) is 0 Å². The van der Waals surface area contributed by atoms with Crippen molar-refractivity contribution in [1.29, 1.82) is 0 Å². The third kappa shape index (κ3) is 4.89. The first-order valence-corrected chi connectivity index (χ1v) is 9.30. The summed E-state index contributed by atoms with van der Waals surface area (Å²) in [6.45, 7) is -0.307. The molecule has 0 spiro atoms. The van der Waals surface area contributed by atoms with E-state index >= 15 is 0 Å². The number of carbonyl (C=O) groups excluding carboxylic acids is 1. The molecule has 2 rings (SSSR count). The number of halogens is 1. The molecule has 128 valence electrons. The van der Waals surface area contributed by atoms with Gasteiger partial charge in [0.15, 0.2) is 9.84 Å². The summed E-state index contributed by atoms with van der Waals surface area (Å²) >= 11 is 5.97. The van der Waals surface area contributed by atoms with Crippen molar-refractivity contribution < 1.29 is 23.4 Å². The van der Waals surface area contributed by atoms with Crippen molar-refractivity contribution in [1.82, 2.24) is 4.90 Å². The van der Waals surface area contributed by atoms with E-state index in [1.807, 2.05) is 0 Å². The molecule has 1 aromatic rings. The fourth-order valence-corrected chi connectivity index (χ4v) is 4.60. The minimum absolute atomic E-state index is 0.0905. The van der Waals surface area contributed by atoms with Crippen LogP contribution in [0.5, 0.6) is 0 Å². The number of aliphatic hydroxyl groups excluding tert-OH is 2. The van der Waals surface area contributed by atoms with Gasteiger partial charge < -0.3 is 15.5 Å². The molecule has 9 heteroatoms. The number of nitrogens with zero attached hydrogens (tertiary/aromatic N) is 1. The number of benzene rings is 1. The number of anilines is 1. The van der Waals surface area contributed by atoms with Gasteiger partial charge in [0.25, 0.3) is 0 Å². The standard InChI is InChI=1S/C14H19ClN2O5S/c15-10-3-1-2-4-11(10)16-14(20)7-17(5-6-18)12-8-23(21,22)9-13(12)19/h1-4,12-13,18-19H,5-9H2,(H,16,20). The summed E-state index contributed by atoms with van der Waals surface area (Å²) in [6, 6.07) is 6.03. The highest BCUT2D eigenvalue weighted by Crippen LogP contribution is 2.21. The molecule has 1 aromatic carbocycles. The van der Waals surface area contributed by atoms with Crippen LogP contribution in [0.4, 0.5) is 5.69 Å². The van der Waals surface area contributed by atoms with Crippen molar-refractivity contribution in [2.45, 2.75) is 12.1 Å². The maximum atomic E-state index is 12.2. The van der Waals surface area contributed by atoms with E-state index in [2.05, 4.69) is 5.32 Å². The Morgan fingerprint density at radius 2 is 2.04 bits per heavy atom. The zero-order valence-electron chi connectivity index (χ0n) is 12.4. The lowest BCUT2D eigenvalue weighted by molar-refractivity contribution is -0.118. The summed E-state index contributed by atoms with van der Waals surface area (Å²) in [5.41, 5.74) is 0.447. The number of hydrogen-bond acceptors (Lipinski definition) is 6. The van der Waals surface area contributed by atoms with E-state index in [-0.39, 0.29) is 31.2 Å². The molecule has 3 N–H and O–H groups in total. The average Bonchev–Trinajstić information content (AvgIpc) is 2.74. The molecular weight excluding hydrogens is 344 g/mol. The quantitative estimate of drug-likeness (QED) is 0.643. The number of aliphatic hydroxyl groups is 2. The highest BCUT2D eigenvalue weighted by Gasteiger charge is 2.40. The normalized spacial score (nSPS) is 23.1. The minimum Gasteiger partial charge on any atom is -0.395 e. The largest absolute Gasteiger partial charge is 0.395 e. The lowest BCUT2D eigenvalue weighted by Gasteiger charge is -2.28. The van der Waals surface area contributed by atoms with E-state index in [1.165, 1.54) is 4.90 Å². The van der Waals surface area contributed by atoms with Crippen LogP contribution in [-0.2, 0) is 14.6 Å². The van der Waals surface area contributed by atoms with E-state index in [9.17, 15) is 18.3 Å². The SMILES string of the molecule is O=C(CN(CCO)C1CS(=O)(=O)CC1O)Nc1ccccc1Cl. The van der Waals surface area contributed by atoms with Crippen molar-refractivity contribution in [2.24, 2.45) is 0 Å². The Morgan fingerprint density at radius 3 is 2.61 bits per heavy atom. The molecule has 1 amide bonds. The van der Waals surface area contributed by atoms with Gasteiger partial charge in [-0.1, -0.05) is 23.7 Å². The number of hydrogen-bond donors (Lipinski definition) is 3. The van der Waals surface area contributed by atoms with Gasteiger partial charge in [-0.15, -0.1) is 0 Å². The predicted octanol–water partition coefficient (Wildman–Crippen LogP) is -0.269. The summed E-state index contributed by atoms with van der Waals surface area (Å²) in [6.07, 6.45) is -1.07. The van der Waals surface area contributed by atoms with E-state index in [4.69, 9.17) is 16.7 Å². The predicted molar refractivity (Wildman–Crippen MR) is 87.2 cm³/mol. The van der Waals surface area contributed by atoms with Crippen LogP contribution >= 0.6 is 11.6 Å². The molecule has 7 nitrogen and oxygen atoms in total. The maximum Gasteiger partial charge on any atom is 0.238 e. The van der Waals surface area contributed by atoms with Gasteiger partial charge in [0, 0.05) is 6.54 Å². The van der Waals surface area contributed by atoms with Crippen LogP contribution in [-0.4, -0.2) is 72.8 Å². The third-order valence-corrected chi connectivity index (χ3v) is 5.67. The summed E-state index contributed by atoms with van der Waals surface area (Å²) in [4.78, 5) is 13.6. The lowest BCUT2D eigenvalue weighted by atomic mass is 10.2. The summed E-state index contributed by atoms with van der Waals surface area (Å²) < 4.78 is 23.2. The topological polar surface area (TPSA) is 107 Å². The van der Waals surface area contributed by atoms with Crippen molar-refractivity contribution >= 4 is 33.0 Å². The molecule has 1 saturated heterocycles. The molecule has 0 radical (unpaired) electrons. The van der Waals surface area contributed by atoms with E-state index in [0.717, 1.165) is 0 Å². The van der Waals surface area contributed by atoms with Gasteiger partial charge in [-0.2, -0.15) is 0 Å². The summed E-state index contributed by atoms with van der Waals surface area (Å²) in [5.74, 6) is -0.956. The Morgan fingerprint density at radius 1 is 1.35 bits per heavy atom. The first kappa shape index (κ1) is 18.2. The van der Waals surface area contributed by atoms with Gasteiger partial charge in [-0.3, -0.25) is 9.69 Å². The second kappa shape index (κ2) is 7.59. The van der Waals surface area contributed by atoms with Gasteiger partial charge in [0.1, 0.15) is 0 Å². The molecule has 23 heavy (non-hydrogen) atoms. The molecule has 2 atom stereocenters. The fraction of sp³-hybridized carbons (Fsp3) is 0.500. The van der Waals surface area contributed by atoms with Crippen LogP contribution in [0, 0.1) is 0 Å². The number of rotatable bonds is 6. The first-order chi connectivity index (χ1) is 10.8. The zero-order valence-corrected chi connectivity index (χ0v) is 13.9. The third-order valence-electron chi connectivity index (χ3n) is 3.64. The van der Waals surface area contributed by atoms with E-state index in [0.29, 0.717) is 10.7 Å². The van der Waals surface area contributed by atoms with Crippen molar-refractivity contribution in [3.63, 3.8) is 0 Å². The van der Waals surface area contributed by atoms with Crippen LogP contribution in [0.3, 0.4) is 0 Å². The lowest BCUT2D eigenvalue weighted by Crippen LogP contribution is -2.47. The summed E-state index contributed by atoms with van der Waals surface area (Å²) in [5, 5.41) is 22.1. The molecule has 1 aliphatic rings. The van der Waals surface area contributed by atoms with Crippen LogP contribution in [0.2, 0.25) is 5.02 Å². The van der Waals surface area contributed by atoms with Gasteiger partial charge in [0.2, 0.25) is 5.91 Å². The molecule has 1 fully saturated rings. The number of nitrogens with one attached hydrogen (secondary N) is 1. The monoisotopic (exact) mass is 362 g/mol. The number of para-hydroxylation sites is 1. The van der Waals surface area contributed by atoms with Gasteiger partial charge in [-0.25, -0.2) is 8.42 Å². The Balaban J connectivity index is 2.04. The Labute approximate surface area is 139 Å². The van der Waals surface area contributed by atoms with Crippen molar-refractivity contribution in [3.05, 3.63) is 29.3 Å². The van der Waals surface area contributed by atoms with E-state index in [1.54, 1.807) is 24.3 Å². The van der Waals surface area contributed by atoms with E-state index < -0.39 is 27.9 Å². The van der Waals surface area contributed by atoms with Crippen LogP contribution < -0.4 is 5.32 Å². The first-order valence-electron chi connectivity index (χ1n) is 7.10. The molecule has 0 aromatic heterocycles. The highest BCUT2D eigenvalue weighted by molar-refractivity contribution is 7.91. The molecule has 0 bridgehead atoms. The smallest absolute Gasteiger partial charge is 0.238 e. The second-order valence-electron chi connectivity index (χ2n) is 5.43. The molecule has 0 saturated carbocycles. The maximum absolute atomic E-state index is 12.2. The number of amides is 1. The van der Waals surface area contributed by atoms with Gasteiger partial charge >= 0.3 is 0 Å². The zero-order chi connectivity index (χ0) is 17.0. The molecule has 1 aliphatic heterocycles. The highest BCUT2D eigenvalue weighted by atomic mass is 35.5. The van der Waals surface area contributed by atoms with Gasteiger partial charge in [0.05, 0.1) is 47.5 Å². The Bertz CT molecular complexity index is 667. The average molecular weight is 363 g/mol. The van der Waals surface area contributed by atoms with Crippen LogP contribution in [0.1, 0.15) is 0 Å². The Hall–Kier alpha value is -1.19. The minimum atomic E-state index is -3.34. The molecular formula is C14H19ClN2O5S.